The van der Waals surface area contributed by atoms with Gasteiger partial charge in [0.1, 0.15) is 4.33 Å². The monoisotopic (exact) mass is 254 g/mol. The number of alkyl halides is 2. The Labute approximate surface area is 107 Å². The minimum Gasteiger partial charge on any atom is -0.100 e. The first-order valence-corrected chi connectivity index (χ1v) is 6.21. The quantitative estimate of drug-likeness (QED) is 0.527. The van der Waals surface area contributed by atoms with E-state index in [1.54, 1.807) is 0 Å². The Bertz CT molecular complexity index is 426. The Morgan fingerprint density at radius 2 is 1.69 bits per heavy atom. The van der Waals surface area contributed by atoms with Crippen molar-refractivity contribution in [3.63, 3.8) is 0 Å². The van der Waals surface area contributed by atoms with Crippen LogP contribution in [0.5, 0.6) is 0 Å². The lowest BCUT2D eigenvalue weighted by molar-refractivity contribution is 0.939. The average Bonchev–Trinajstić information content (AvgIpc) is 2.67. The third-order valence-electron chi connectivity index (χ3n) is 3.19. The lowest BCUT2D eigenvalue weighted by atomic mass is 10.0. The Kier molecular flexibility index (Phi) is 2.84. The highest BCUT2D eigenvalue weighted by Crippen LogP contribution is 2.67. The lowest BCUT2D eigenvalue weighted by Gasteiger charge is -2.04. The first-order chi connectivity index (χ1) is 7.34. The summed E-state index contributed by atoms with van der Waals surface area (Å²) in [6, 6.07) is 6.49. The van der Waals surface area contributed by atoms with Gasteiger partial charge in [-0.05, 0) is 26.3 Å². The number of aryl methyl sites for hydroxylation is 2. The van der Waals surface area contributed by atoms with E-state index in [4.69, 9.17) is 23.2 Å². The number of allylic oxidation sites excluding steroid dienone is 1. The first-order valence-electron chi connectivity index (χ1n) is 5.45. The van der Waals surface area contributed by atoms with Gasteiger partial charge in [0.15, 0.2) is 0 Å². The minimum absolute atomic E-state index is 0.192. The molecule has 0 bridgehead atoms. The van der Waals surface area contributed by atoms with Crippen LogP contribution in [0.25, 0.3) is 0 Å². The number of rotatable bonds is 2. The number of hydrogen-bond donors (Lipinski definition) is 0. The van der Waals surface area contributed by atoms with Crippen molar-refractivity contribution in [1.29, 1.82) is 0 Å². The van der Waals surface area contributed by atoms with E-state index in [1.165, 1.54) is 16.7 Å². The molecule has 1 aromatic carbocycles. The van der Waals surface area contributed by atoms with Gasteiger partial charge < -0.3 is 0 Å². The largest absolute Gasteiger partial charge is 0.132 e. The molecule has 0 aromatic heterocycles. The van der Waals surface area contributed by atoms with Crippen LogP contribution in [0.2, 0.25) is 0 Å². The van der Waals surface area contributed by atoms with Crippen molar-refractivity contribution in [3.05, 3.63) is 47.0 Å². The van der Waals surface area contributed by atoms with E-state index in [9.17, 15) is 0 Å². The zero-order chi connectivity index (χ0) is 12.1. The van der Waals surface area contributed by atoms with Gasteiger partial charge in [-0.1, -0.05) is 41.5 Å². The van der Waals surface area contributed by atoms with Crippen LogP contribution in [0, 0.1) is 19.8 Å². The smallest absolute Gasteiger partial charge is 0.100 e. The number of benzene rings is 1. The highest BCUT2D eigenvalue weighted by Gasteiger charge is 2.63. The Hall–Kier alpha value is -0.460. The van der Waals surface area contributed by atoms with E-state index in [2.05, 4.69) is 38.6 Å². The summed E-state index contributed by atoms with van der Waals surface area (Å²) < 4.78 is -0.661. The van der Waals surface area contributed by atoms with Crippen LogP contribution in [0.1, 0.15) is 29.5 Å². The highest BCUT2D eigenvalue weighted by molar-refractivity contribution is 6.52. The second-order valence-corrected chi connectivity index (χ2v) is 6.34. The Morgan fingerprint density at radius 3 is 2.06 bits per heavy atom. The molecule has 1 aliphatic rings. The summed E-state index contributed by atoms with van der Waals surface area (Å²) in [5, 5.41) is 0. The molecule has 86 valence electrons. The van der Waals surface area contributed by atoms with Crippen molar-refractivity contribution in [2.45, 2.75) is 31.0 Å². The molecule has 2 rings (SSSR count). The molecule has 0 heterocycles. The summed E-state index contributed by atoms with van der Waals surface area (Å²) in [4.78, 5) is 0. The first kappa shape index (κ1) is 12.0. The SMILES string of the molecule is C=C(C)C1C(c2cc(C)cc(C)c2)C1(Cl)Cl. The van der Waals surface area contributed by atoms with Crippen LogP contribution < -0.4 is 0 Å². The van der Waals surface area contributed by atoms with E-state index >= 15 is 0 Å². The molecule has 0 saturated heterocycles. The maximum Gasteiger partial charge on any atom is 0.132 e. The second-order valence-electron chi connectivity index (χ2n) is 4.90. The zero-order valence-electron chi connectivity index (χ0n) is 9.85. The van der Waals surface area contributed by atoms with Crippen LogP contribution >= 0.6 is 23.2 Å². The van der Waals surface area contributed by atoms with Crippen molar-refractivity contribution in [1.82, 2.24) is 0 Å². The molecule has 2 atom stereocenters. The van der Waals surface area contributed by atoms with Crippen molar-refractivity contribution in [3.8, 4) is 0 Å². The van der Waals surface area contributed by atoms with E-state index in [-0.39, 0.29) is 11.8 Å². The Balaban J connectivity index is 2.37. The predicted octanol–water partition coefficient (Wildman–Crippen LogP) is 4.77. The van der Waals surface area contributed by atoms with Gasteiger partial charge in [0.2, 0.25) is 0 Å². The van der Waals surface area contributed by atoms with E-state index in [0.717, 1.165) is 5.57 Å². The molecule has 0 aliphatic heterocycles. The van der Waals surface area contributed by atoms with Gasteiger partial charge in [0.05, 0.1) is 0 Å². The lowest BCUT2D eigenvalue weighted by Crippen LogP contribution is -1.92. The average molecular weight is 255 g/mol. The van der Waals surface area contributed by atoms with E-state index in [1.807, 2.05) is 6.92 Å². The zero-order valence-corrected chi connectivity index (χ0v) is 11.4. The highest BCUT2D eigenvalue weighted by atomic mass is 35.5. The van der Waals surface area contributed by atoms with Gasteiger partial charge >= 0.3 is 0 Å². The molecule has 1 saturated carbocycles. The molecule has 1 aliphatic carbocycles. The molecular weight excluding hydrogens is 239 g/mol. The molecule has 16 heavy (non-hydrogen) atoms. The summed E-state index contributed by atoms with van der Waals surface area (Å²) in [6.45, 7) is 10.1. The molecule has 2 heteroatoms. The molecule has 0 spiro atoms. The molecule has 1 aromatic rings. The van der Waals surface area contributed by atoms with Gasteiger partial charge in [-0.15, -0.1) is 23.2 Å². The molecule has 0 amide bonds. The second kappa shape index (κ2) is 3.78. The summed E-state index contributed by atoms with van der Waals surface area (Å²) in [5.74, 6) is 0.393. The fourth-order valence-electron chi connectivity index (χ4n) is 2.54. The molecule has 1 fully saturated rings. The fourth-order valence-corrected chi connectivity index (χ4v) is 3.55. The topological polar surface area (TPSA) is 0 Å². The third kappa shape index (κ3) is 1.89. The number of hydrogen-bond acceptors (Lipinski definition) is 0. The molecule has 0 N–H and O–H groups in total. The maximum absolute atomic E-state index is 6.31. The van der Waals surface area contributed by atoms with Crippen molar-refractivity contribution >= 4 is 23.2 Å². The Morgan fingerprint density at radius 1 is 1.19 bits per heavy atom. The van der Waals surface area contributed by atoms with Crippen LogP contribution in [-0.4, -0.2) is 4.33 Å². The fraction of sp³-hybridized carbons (Fsp3) is 0.429. The van der Waals surface area contributed by atoms with E-state index < -0.39 is 4.33 Å². The van der Waals surface area contributed by atoms with Crippen LogP contribution in [0.3, 0.4) is 0 Å². The van der Waals surface area contributed by atoms with Gasteiger partial charge in [-0.3, -0.25) is 0 Å². The number of halogens is 2. The van der Waals surface area contributed by atoms with Crippen molar-refractivity contribution in [2.75, 3.05) is 0 Å². The van der Waals surface area contributed by atoms with Crippen LogP contribution in [0.15, 0.2) is 30.4 Å². The maximum atomic E-state index is 6.31. The van der Waals surface area contributed by atoms with Crippen LogP contribution in [-0.2, 0) is 0 Å². The summed E-state index contributed by atoms with van der Waals surface area (Å²) in [7, 11) is 0. The van der Waals surface area contributed by atoms with Gasteiger partial charge in [-0.2, -0.15) is 0 Å². The molecule has 0 nitrogen and oxygen atoms in total. The normalized spacial score (nSPS) is 26.6. The van der Waals surface area contributed by atoms with E-state index in [0.29, 0.717) is 0 Å². The standard InChI is InChI=1S/C14H16Cl2/c1-8(2)12-13(14(12,15)16)11-6-9(3)5-10(4)7-11/h5-7,12-13H,1H2,2-4H3. The minimum atomic E-state index is -0.661. The molecular formula is C14H16Cl2. The molecule has 2 unspecified atom stereocenters. The van der Waals surface area contributed by atoms with Crippen molar-refractivity contribution < 1.29 is 0 Å². The summed E-state index contributed by atoms with van der Waals surface area (Å²) >= 11 is 12.6. The van der Waals surface area contributed by atoms with Crippen LogP contribution in [0.4, 0.5) is 0 Å². The molecule has 0 radical (unpaired) electrons. The van der Waals surface area contributed by atoms with Gasteiger partial charge in [-0.25, -0.2) is 0 Å². The van der Waals surface area contributed by atoms with Gasteiger partial charge in [0, 0.05) is 11.8 Å². The predicted molar refractivity (Wildman–Crippen MR) is 71.4 cm³/mol. The van der Waals surface area contributed by atoms with Crippen molar-refractivity contribution in [2.24, 2.45) is 5.92 Å². The van der Waals surface area contributed by atoms with Gasteiger partial charge in [0.25, 0.3) is 0 Å². The third-order valence-corrected chi connectivity index (χ3v) is 4.13. The summed E-state index contributed by atoms with van der Waals surface area (Å²) in [6.07, 6.45) is 0. The summed E-state index contributed by atoms with van der Waals surface area (Å²) in [5.41, 5.74) is 4.81.